The van der Waals surface area contributed by atoms with Crippen LogP contribution in [0.3, 0.4) is 0 Å². The van der Waals surface area contributed by atoms with Crippen molar-refractivity contribution in [2.45, 2.75) is 13.0 Å². The standard InChI is InChI=1S/C13H17N3O2/c1-9-13-7-14-6-10(13)8-15(9)11-2-4-12(5-3-11)16(17)18/h2-5,9-10,13-14H,6-8H2,1H3. The molecule has 2 saturated heterocycles. The summed E-state index contributed by atoms with van der Waals surface area (Å²) in [6.45, 7) is 5.49. The highest BCUT2D eigenvalue weighted by Crippen LogP contribution is 2.36. The van der Waals surface area contributed by atoms with Crippen LogP contribution in [0.2, 0.25) is 0 Å². The lowest BCUT2D eigenvalue weighted by molar-refractivity contribution is -0.384. The number of hydrogen-bond donors (Lipinski definition) is 1. The van der Waals surface area contributed by atoms with Crippen LogP contribution < -0.4 is 10.2 Å². The van der Waals surface area contributed by atoms with Gasteiger partial charge < -0.3 is 10.2 Å². The molecule has 96 valence electrons. The van der Waals surface area contributed by atoms with Gasteiger partial charge in [-0.25, -0.2) is 0 Å². The summed E-state index contributed by atoms with van der Waals surface area (Å²) in [5, 5.41) is 14.1. The summed E-state index contributed by atoms with van der Waals surface area (Å²) < 4.78 is 0. The number of non-ortho nitro benzene ring substituents is 1. The van der Waals surface area contributed by atoms with Crippen molar-refractivity contribution < 1.29 is 4.92 Å². The molecule has 0 amide bonds. The van der Waals surface area contributed by atoms with E-state index in [1.165, 1.54) is 0 Å². The summed E-state index contributed by atoms with van der Waals surface area (Å²) in [5.74, 6) is 1.43. The van der Waals surface area contributed by atoms with Gasteiger partial charge in [-0.15, -0.1) is 0 Å². The van der Waals surface area contributed by atoms with Crippen LogP contribution in [0.25, 0.3) is 0 Å². The van der Waals surface area contributed by atoms with Crippen LogP contribution in [0.15, 0.2) is 24.3 Å². The van der Waals surface area contributed by atoms with E-state index in [1.807, 2.05) is 12.1 Å². The van der Waals surface area contributed by atoms with Gasteiger partial charge in [-0.05, 0) is 30.9 Å². The molecule has 5 heteroatoms. The number of nitrogens with one attached hydrogen (secondary N) is 1. The average Bonchev–Trinajstić information content (AvgIpc) is 2.93. The van der Waals surface area contributed by atoms with Gasteiger partial charge in [0.25, 0.3) is 5.69 Å². The third kappa shape index (κ3) is 1.75. The molecule has 1 aromatic carbocycles. The quantitative estimate of drug-likeness (QED) is 0.637. The monoisotopic (exact) mass is 247 g/mol. The Kier molecular flexibility index (Phi) is 2.70. The van der Waals surface area contributed by atoms with Gasteiger partial charge in [0.05, 0.1) is 4.92 Å². The Morgan fingerprint density at radius 1 is 1.33 bits per heavy atom. The van der Waals surface area contributed by atoms with E-state index in [1.54, 1.807) is 12.1 Å². The van der Waals surface area contributed by atoms with Gasteiger partial charge >= 0.3 is 0 Å². The number of nitro benzene ring substituents is 1. The molecule has 3 atom stereocenters. The Morgan fingerprint density at radius 3 is 2.67 bits per heavy atom. The van der Waals surface area contributed by atoms with E-state index in [2.05, 4.69) is 17.1 Å². The number of nitro groups is 1. The third-order valence-electron chi connectivity index (χ3n) is 4.33. The first-order valence-electron chi connectivity index (χ1n) is 6.38. The summed E-state index contributed by atoms with van der Waals surface area (Å²) >= 11 is 0. The van der Waals surface area contributed by atoms with Crippen LogP contribution in [0.5, 0.6) is 0 Å². The first kappa shape index (κ1) is 11.5. The van der Waals surface area contributed by atoms with Crippen molar-refractivity contribution >= 4 is 11.4 Å². The SMILES string of the molecule is CC1C2CNCC2CN1c1ccc([N+](=O)[O-])cc1. The topological polar surface area (TPSA) is 58.4 Å². The fourth-order valence-corrected chi connectivity index (χ4v) is 3.27. The molecule has 0 saturated carbocycles. The molecular formula is C13H17N3O2. The van der Waals surface area contributed by atoms with Crippen LogP contribution in [0.1, 0.15) is 6.92 Å². The molecule has 5 nitrogen and oxygen atoms in total. The lowest BCUT2D eigenvalue weighted by atomic mass is 9.95. The van der Waals surface area contributed by atoms with E-state index in [4.69, 9.17) is 0 Å². The van der Waals surface area contributed by atoms with Gasteiger partial charge in [-0.3, -0.25) is 10.1 Å². The molecule has 3 rings (SSSR count). The Hall–Kier alpha value is -1.62. The molecule has 2 aliphatic rings. The molecule has 2 heterocycles. The maximum absolute atomic E-state index is 10.6. The predicted molar refractivity (Wildman–Crippen MR) is 69.8 cm³/mol. The van der Waals surface area contributed by atoms with Gasteiger partial charge in [0.2, 0.25) is 0 Å². The molecule has 0 bridgehead atoms. The Labute approximate surface area is 106 Å². The van der Waals surface area contributed by atoms with Gasteiger partial charge in [0.15, 0.2) is 0 Å². The zero-order valence-corrected chi connectivity index (χ0v) is 10.4. The smallest absolute Gasteiger partial charge is 0.269 e. The summed E-state index contributed by atoms with van der Waals surface area (Å²) in [4.78, 5) is 12.7. The minimum absolute atomic E-state index is 0.160. The molecule has 0 radical (unpaired) electrons. The molecular weight excluding hydrogens is 230 g/mol. The van der Waals surface area contributed by atoms with Gasteiger partial charge in [-0.2, -0.15) is 0 Å². The second-order valence-electron chi connectivity index (χ2n) is 5.25. The number of nitrogens with zero attached hydrogens (tertiary/aromatic N) is 2. The zero-order chi connectivity index (χ0) is 12.7. The fraction of sp³-hybridized carbons (Fsp3) is 0.538. The van der Waals surface area contributed by atoms with E-state index in [9.17, 15) is 10.1 Å². The van der Waals surface area contributed by atoms with Crippen molar-refractivity contribution in [3.05, 3.63) is 34.4 Å². The first-order valence-corrected chi connectivity index (χ1v) is 6.38. The number of rotatable bonds is 2. The lowest BCUT2D eigenvalue weighted by Crippen LogP contribution is -2.33. The van der Waals surface area contributed by atoms with Crippen LogP contribution in [-0.4, -0.2) is 30.6 Å². The molecule has 1 N–H and O–H groups in total. The highest BCUT2D eigenvalue weighted by molar-refractivity contribution is 5.52. The van der Waals surface area contributed by atoms with Crippen molar-refractivity contribution in [2.75, 3.05) is 24.5 Å². The number of hydrogen-bond acceptors (Lipinski definition) is 4. The number of benzene rings is 1. The first-order chi connectivity index (χ1) is 8.66. The maximum atomic E-state index is 10.6. The molecule has 1 aromatic rings. The number of fused-ring (bicyclic) bond motifs is 1. The van der Waals surface area contributed by atoms with E-state index in [0.29, 0.717) is 12.0 Å². The molecule has 0 aliphatic carbocycles. The maximum Gasteiger partial charge on any atom is 0.269 e. The summed E-state index contributed by atoms with van der Waals surface area (Å²) in [7, 11) is 0. The second kappa shape index (κ2) is 4.24. The van der Waals surface area contributed by atoms with Crippen molar-refractivity contribution in [1.29, 1.82) is 0 Å². The molecule has 0 aromatic heterocycles. The van der Waals surface area contributed by atoms with Crippen molar-refractivity contribution in [1.82, 2.24) is 5.32 Å². The minimum atomic E-state index is -0.351. The van der Waals surface area contributed by atoms with Crippen molar-refractivity contribution in [3.63, 3.8) is 0 Å². The Bertz CT molecular complexity index is 460. The van der Waals surface area contributed by atoms with Gasteiger partial charge in [0, 0.05) is 43.5 Å². The summed E-state index contributed by atoms with van der Waals surface area (Å²) in [6, 6.07) is 7.42. The third-order valence-corrected chi connectivity index (χ3v) is 4.33. The van der Waals surface area contributed by atoms with Crippen molar-refractivity contribution in [2.24, 2.45) is 11.8 Å². The molecule has 2 fully saturated rings. The normalized spacial score (nSPS) is 30.5. The van der Waals surface area contributed by atoms with E-state index >= 15 is 0 Å². The van der Waals surface area contributed by atoms with Crippen LogP contribution in [0, 0.1) is 22.0 Å². The molecule has 0 spiro atoms. The van der Waals surface area contributed by atoms with Crippen LogP contribution in [0.4, 0.5) is 11.4 Å². The average molecular weight is 247 g/mol. The highest BCUT2D eigenvalue weighted by atomic mass is 16.6. The van der Waals surface area contributed by atoms with Gasteiger partial charge in [-0.1, -0.05) is 0 Å². The molecule has 2 aliphatic heterocycles. The summed E-state index contributed by atoms with van der Waals surface area (Å²) in [6.07, 6.45) is 0. The molecule has 18 heavy (non-hydrogen) atoms. The minimum Gasteiger partial charge on any atom is -0.368 e. The number of anilines is 1. The largest absolute Gasteiger partial charge is 0.368 e. The predicted octanol–water partition coefficient (Wildman–Crippen LogP) is 1.64. The van der Waals surface area contributed by atoms with Gasteiger partial charge in [0.1, 0.15) is 0 Å². The second-order valence-corrected chi connectivity index (χ2v) is 5.25. The van der Waals surface area contributed by atoms with E-state index in [0.717, 1.165) is 31.2 Å². The van der Waals surface area contributed by atoms with Crippen LogP contribution in [-0.2, 0) is 0 Å². The zero-order valence-electron chi connectivity index (χ0n) is 10.4. The van der Waals surface area contributed by atoms with E-state index in [-0.39, 0.29) is 10.6 Å². The van der Waals surface area contributed by atoms with E-state index < -0.39 is 0 Å². The van der Waals surface area contributed by atoms with Crippen molar-refractivity contribution in [3.8, 4) is 0 Å². The Morgan fingerprint density at radius 2 is 2.06 bits per heavy atom. The highest BCUT2D eigenvalue weighted by Gasteiger charge is 2.41. The molecule has 3 unspecified atom stereocenters. The summed E-state index contributed by atoms with van der Waals surface area (Å²) in [5.41, 5.74) is 1.26. The lowest BCUT2D eigenvalue weighted by Gasteiger charge is -2.26. The Balaban J connectivity index is 1.81. The fourth-order valence-electron chi connectivity index (χ4n) is 3.27. The van der Waals surface area contributed by atoms with Crippen LogP contribution >= 0.6 is 0 Å².